The maximum absolute atomic E-state index is 12.4. The fraction of sp³-hybridized carbons (Fsp3) is 0.261. The molecule has 0 unspecified atom stereocenters. The van der Waals surface area contributed by atoms with E-state index in [0.29, 0.717) is 23.6 Å². The van der Waals surface area contributed by atoms with E-state index in [4.69, 9.17) is 9.47 Å². The molecule has 30 heavy (non-hydrogen) atoms. The second kappa shape index (κ2) is 10.7. The zero-order valence-electron chi connectivity index (χ0n) is 17.5. The molecular weight excluding hydrogens is 382 g/mol. The van der Waals surface area contributed by atoms with Crippen LogP contribution in [-0.2, 0) is 14.3 Å². The number of rotatable bonds is 8. The Hall–Kier alpha value is -3.79. The zero-order chi connectivity index (χ0) is 22.1. The Labute approximate surface area is 176 Å². The number of hydrogen-bond donors (Lipinski definition) is 1. The normalized spacial score (nSPS) is 11.8. The summed E-state index contributed by atoms with van der Waals surface area (Å²) in [4.78, 5) is 26.7. The van der Waals surface area contributed by atoms with Crippen LogP contribution in [0.25, 0.3) is 6.08 Å². The average Bonchev–Trinajstić information content (AvgIpc) is 2.73. The number of amides is 1. The first-order valence-corrected chi connectivity index (χ1v) is 9.48. The predicted molar refractivity (Wildman–Crippen MR) is 116 cm³/mol. The molecule has 1 amide bonds. The largest absolute Gasteiger partial charge is 0.492 e. The van der Waals surface area contributed by atoms with Gasteiger partial charge in [0.1, 0.15) is 17.4 Å². The molecule has 156 valence electrons. The van der Waals surface area contributed by atoms with Gasteiger partial charge in [-0.1, -0.05) is 24.3 Å². The van der Waals surface area contributed by atoms with Gasteiger partial charge in [-0.05, 0) is 49.8 Å². The number of nitriles is 1. The standard InChI is InChI=1S/C23H25N3O4/c1-5-29-21-9-7-6-8-20(21)25-22(27)16(2)30-23(28)18(15-24)14-17-10-12-19(13-11-17)26(3)4/h6-14,16H,5H2,1-4H3,(H,25,27)/b18-14+/t16-/m0/s1. The number of nitrogens with one attached hydrogen (secondary N) is 1. The van der Waals surface area contributed by atoms with Crippen LogP contribution < -0.4 is 15.0 Å². The van der Waals surface area contributed by atoms with Crippen LogP contribution in [0, 0.1) is 11.3 Å². The Morgan fingerprint density at radius 1 is 1.17 bits per heavy atom. The van der Waals surface area contributed by atoms with E-state index in [1.165, 1.54) is 13.0 Å². The summed E-state index contributed by atoms with van der Waals surface area (Å²) in [7, 11) is 3.84. The fourth-order valence-corrected chi connectivity index (χ4v) is 2.54. The van der Waals surface area contributed by atoms with Gasteiger partial charge in [0.25, 0.3) is 5.91 Å². The maximum Gasteiger partial charge on any atom is 0.349 e. The SMILES string of the molecule is CCOc1ccccc1NC(=O)[C@H](C)OC(=O)/C(C#N)=C/c1ccc(N(C)C)cc1. The van der Waals surface area contributed by atoms with Gasteiger partial charge >= 0.3 is 5.97 Å². The third kappa shape index (κ3) is 6.11. The van der Waals surface area contributed by atoms with Crippen molar-refractivity contribution in [3.63, 3.8) is 0 Å². The topological polar surface area (TPSA) is 91.7 Å². The van der Waals surface area contributed by atoms with Crippen LogP contribution in [0.3, 0.4) is 0 Å². The molecule has 0 aromatic heterocycles. The van der Waals surface area contributed by atoms with E-state index in [2.05, 4.69) is 5.32 Å². The summed E-state index contributed by atoms with van der Waals surface area (Å²) < 4.78 is 10.6. The molecule has 0 heterocycles. The highest BCUT2D eigenvalue weighted by molar-refractivity contribution is 6.01. The molecule has 0 saturated heterocycles. The van der Waals surface area contributed by atoms with Crippen LogP contribution in [0.2, 0.25) is 0 Å². The monoisotopic (exact) mass is 407 g/mol. The quantitative estimate of drug-likeness (QED) is 0.408. The van der Waals surface area contributed by atoms with Gasteiger partial charge < -0.3 is 19.7 Å². The zero-order valence-corrected chi connectivity index (χ0v) is 17.5. The maximum atomic E-state index is 12.4. The molecule has 1 N–H and O–H groups in total. The molecule has 1 atom stereocenters. The Kier molecular flexibility index (Phi) is 8.00. The molecule has 0 radical (unpaired) electrons. The number of ether oxygens (including phenoxy) is 2. The molecule has 2 aromatic rings. The number of benzene rings is 2. The summed E-state index contributed by atoms with van der Waals surface area (Å²) in [5, 5.41) is 12.0. The molecule has 7 nitrogen and oxygen atoms in total. The lowest BCUT2D eigenvalue weighted by Gasteiger charge is -2.15. The van der Waals surface area contributed by atoms with E-state index in [1.807, 2.05) is 44.1 Å². The minimum absolute atomic E-state index is 0.193. The smallest absolute Gasteiger partial charge is 0.349 e. The molecule has 0 bridgehead atoms. The summed E-state index contributed by atoms with van der Waals surface area (Å²) in [6.07, 6.45) is 0.330. The van der Waals surface area contributed by atoms with Crippen LogP contribution >= 0.6 is 0 Å². The number of para-hydroxylation sites is 2. The van der Waals surface area contributed by atoms with Crippen molar-refractivity contribution in [2.24, 2.45) is 0 Å². The Morgan fingerprint density at radius 2 is 1.83 bits per heavy atom. The molecule has 0 saturated carbocycles. The van der Waals surface area contributed by atoms with Crippen molar-refractivity contribution in [3.8, 4) is 11.8 Å². The van der Waals surface area contributed by atoms with Gasteiger partial charge in [-0.2, -0.15) is 5.26 Å². The van der Waals surface area contributed by atoms with Crippen molar-refractivity contribution in [3.05, 3.63) is 59.7 Å². The van der Waals surface area contributed by atoms with Crippen molar-refractivity contribution < 1.29 is 19.1 Å². The van der Waals surface area contributed by atoms with E-state index in [0.717, 1.165) is 5.69 Å². The van der Waals surface area contributed by atoms with E-state index >= 15 is 0 Å². The van der Waals surface area contributed by atoms with Crippen LogP contribution in [-0.4, -0.2) is 38.7 Å². The highest BCUT2D eigenvalue weighted by Crippen LogP contribution is 2.24. The number of nitrogens with zero attached hydrogens (tertiary/aromatic N) is 2. The number of carbonyl (C=O) groups excluding carboxylic acids is 2. The van der Waals surface area contributed by atoms with Crippen LogP contribution in [0.5, 0.6) is 5.75 Å². The summed E-state index contributed by atoms with van der Waals surface area (Å²) in [6.45, 7) is 3.73. The lowest BCUT2D eigenvalue weighted by Crippen LogP contribution is -2.30. The second-order valence-electron chi connectivity index (χ2n) is 6.62. The molecule has 2 rings (SSSR count). The van der Waals surface area contributed by atoms with E-state index < -0.39 is 18.0 Å². The highest BCUT2D eigenvalue weighted by Gasteiger charge is 2.21. The molecule has 0 fully saturated rings. The first-order valence-electron chi connectivity index (χ1n) is 9.48. The highest BCUT2D eigenvalue weighted by atomic mass is 16.5. The number of anilines is 2. The summed E-state index contributed by atoms with van der Waals surface area (Å²) in [6, 6.07) is 16.1. The van der Waals surface area contributed by atoms with Crippen molar-refractivity contribution in [2.45, 2.75) is 20.0 Å². The molecule has 0 spiro atoms. The van der Waals surface area contributed by atoms with Crippen molar-refractivity contribution in [1.82, 2.24) is 0 Å². The second-order valence-corrected chi connectivity index (χ2v) is 6.62. The van der Waals surface area contributed by atoms with Crippen molar-refractivity contribution >= 4 is 29.3 Å². The molecular formula is C23H25N3O4. The predicted octanol–water partition coefficient (Wildman–Crippen LogP) is 3.63. The lowest BCUT2D eigenvalue weighted by atomic mass is 10.1. The minimum atomic E-state index is -1.10. The number of carbonyl (C=O) groups is 2. The van der Waals surface area contributed by atoms with Gasteiger partial charge in [0, 0.05) is 19.8 Å². The Balaban J connectivity index is 2.05. The minimum Gasteiger partial charge on any atom is -0.492 e. The molecule has 0 aliphatic rings. The Bertz CT molecular complexity index is 959. The van der Waals surface area contributed by atoms with Gasteiger partial charge in [0.2, 0.25) is 0 Å². The fourth-order valence-electron chi connectivity index (χ4n) is 2.54. The van der Waals surface area contributed by atoms with E-state index in [-0.39, 0.29) is 5.57 Å². The molecule has 2 aromatic carbocycles. The van der Waals surface area contributed by atoms with Gasteiger partial charge in [0.15, 0.2) is 6.10 Å². The van der Waals surface area contributed by atoms with Crippen molar-refractivity contribution in [2.75, 3.05) is 30.9 Å². The summed E-state index contributed by atoms with van der Waals surface area (Å²) in [5.41, 5.74) is 1.95. The first-order chi connectivity index (χ1) is 14.3. The van der Waals surface area contributed by atoms with E-state index in [1.54, 1.807) is 36.4 Å². The summed E-state index contributed by atoms with van der Waals surface area (Å²) in [5.74, 6) is -0.872. The molecule has 7 heteroatoms. The van der Waals surface area contributed by atoms with Crippen LogP contribution in [0.4, 0.5) is 11.4 Å². The third-order valence-electron chi connectivity index (χ3n) is 4.16. The number of esters is 1. The molecule has 0 aliphatic carbocycles. The van der Waals surface area contributed by atoms with Gasteiger partial charge in [-0.15, -0.1) is 0 Å². The lowest BCUT2D eigenvalue weighted by molar-refractivity contribution is -0.148. The third-order valence-corrected chi connectivity index (χ3v) is 4.16. The first kappa shape index (κ1) is 22.5. The number of hydrogen-bond acceptors (Lipinski definition) is 6. The Morgan fingerprint density at radius 3 is 2.43 bits per heavy atom. The summed E-state index contributed by atoms with van der Waals surface area (Å²) >= 11 is 0. The van der Waals surface area contributed by atoms with Gasteiger partial charge in [-0.25, -0.2) is 4.79 Å². The average molecular weight is 407 g/mol. The van der Waals surface area contributed by atoms with Gasteiger partial charge in [0.05, 0.1) is 12.3 Å². The molecule has 0 aliphatic heterocycles. The van der Waals surface area contributed by atoms with Crippen molar-refractivity contribution in [1.29, 1.82) is 5.26 Å². The van der Waals surface area contributed by atoms with Crippen LogP contribution in [0.15, 0.2) is 54.1 Å². The van der Waals surface area contributed by atoms with Gasteiger partial charge in [-0.3, -0.25) is 4.79 Å². The van der Waals surface area contributed by atoms with Crippen LogP contribution in [0.1, 0.15) is 19.4 Å². The van der Waals surface area contributed by atoms with E-state index in [9.17, 15) is 14.9 Å².